The number of nitrogens with one attached hydrogen (secondary N) is 1. The summed E-state index contributed by atoms with van der Waals surface area (Å²) in [6.07, 6.45) is 5.79. The van der Waals surface area contributed by atoms with Crippen LogP contribution in [0.4, 0.5) is 4.79 Å². The van der Waals surface area contributed by atoms with Crippen LogP contribution in [0.25, 0.3) is 0 Å². The van der Waals surface area contributed by atoms with Gasteiger partial charge in [-0.1, -0.05) is 19.8 Å². The number of nitrogens with zero attached hydrogens (tertiary/aromatic N) is 1. The molecule has 0 heterocycles. The average molecular weight is 256 g/mol. The zero-order chi connectivity index (χ0) is 13.6. The Kier molecular flexibility index (Phi) is 5.44. The summed E-state index contributed by atoms with van der Waals surface area (Å²) in [5.41, 5.74) is -0.498. The van der Waals surface area contributed by atoms with E-state index in [1.165, 1.54) is 0 Å². The summed E-state index contributed by atoms with van der Waals surface area (Å²) in [5, 5.41) is 11.8. The monoisotopic (exact) mass is 256 g/mol. The molecular weight excluding hydrogens is 232 g/mol. The predicted molar refractivity (Wildman–Crippen MR) is 69.5 cm³/mol. The van der Waals surface area contributed by atoms with Crippen molar-refractivity contribution in [3.8, 4) is 0 Å². The second-order valence-electron chi connectivity index (χ2n) is 5.26. The minimum absolute atomic E-state index is 0.0293. The van der Waals surface area contributed by atoms with E-state index in [0.29, 0.717) is 0 Å². The molecule has 1 aliphatic carbocycles. The van der Waals surface area contributed by atoms with Gasteiger partial charge in [-0.15, -0.1) is 0 Å². The van der Waals surface area contributed by atoms with Gasteiger partial charge in [-0.2, -0.15) is 0 Å². The van der Waals surface area contributed by atoms with Gasteiger partial charge in [0, 0.05) is 13.6 Å². The number of aliphatic carboxylic acids is 1. The molecule has 0 aromatic carbocycles. The van der Waals surface area contributed by atoms with E-state index in [4.69, 9.17) is 5.11 Å². The van der Waals surface area contributed by atoms with E-state index in [2.05, 4.69) is 12.2 Å². The number of rotatable bonds is 7. The van der Waals surface area contributed by atoms with Gasteiger partial charge in [0.15, 0.2) is 0 Å². The Labute approximate surface area is 109 Å². The van der Waals surface area contributed by atoms with E-state index in [0.717, 1.165) is 45.1 Å². The molecule has 0 unspecified atom stereocenters. The molecule has 1 aliphatic rings. The van der Waals surface area contributed by atoms with Gasteiger partial charge in [0.25, 0.3) is 0 Å². The number of urea groups is 1. The third kappa shape index (κ3) is 4.20. The molecule has 5 heteroatoms. The number of carbonyl (C=O) groups excluding carboxylic acids is 1. The van der Waals surface area contributed by atoms with E-state index in [1.54, 1.807) is 11.9 Å². The van der Waals surface area contributed by atoms with Crippen LogP contribution in [0.5, 0.6) is 0 Å². The molecule has 0 radical (unpaired) electrons. The first-order valence-electron chi connectivity index (χ1n) is 6.74. The fraction of sp³-hybridized carbons (Fsp3) is 0.846. The smallest absolute Gasteiger partial charge is 0.317 e. The van der Waals surface area contributed by atoms with Crippen LogP contribution in [0.1, 0.15) is 51.9 Å². The summed E-state index contributed by atoms with van der Waals surface area (Å²) in [7, 11) is 1.76. The third-order valence-corrected chi connectivity index (χ3v) is 3.62. The highest BCUT2D eigenvalue weighted by atomic mass is 16.4. The van der Waals surface area contributed by atoms with Crippen LogP contribution in [0.3, 0.4) is 0 Å². The summed E-state index contributed by atoms with van der Waals surface area (Å²) in [5.74, 6) is -0.844. The molecule has 2 amide bonds. The molecule has 0 aromatic heterocycles. The highest BCUT2D eigenvalue weighted by Gasteiger charge is 2.40. The van der Waals surface area contributed by atoms with E-state index in [9.17, 15) is 9.59 Å². The first kappa shape index (κ1) is 14.8. The van der Waals surface area contributed by atoms with Gasteiger partial charge in [0.05, 0.1) is 12.0 Å². The molecule has 0 atom stereocenters. The highest BCUT2D eigenvalue weighted by Crippen LogP contribution is 2.35. The van der Waals surface area contributed by atoms with Gasteiger partial charge >= 0.3 is 12.0 Å². The number of carbonyl (C=O) groups is 2. The lowest BCUT2D eigenvalue weighted by Gasteiger charge is -2.42. The van der Waals surface area contributed by atoms with Crippen molar-refractivity contribution in [1.82, 2.24) is 10.2 Å². The maximum atomic E-state index is 11.9. The minimum Gasteiger partial charge on any atom is -0.481 e. The lowest BCUT2D eigenvalue weighted by Crippen LogP contribution is -2.57. The molecule has 1 saturated carbocycles. The molecule has 0 bridgehead atoms. The molecule has 1 fully saturated rings. The normalized spacial score (nSPS) is 16.8. The van der Waals surface area contributed by atoms with Crippen molar-refractivity contribution in [2.75, 3.05) is 13.6 Å². The molecule has 2 N–H and O–H groups in total. The van der Waals surface area contributed by atoms with E-state index < -0.39 is 11.5 Å². The molecule has 0 saturated heterocycles. The second-order valence-corrected chi connectivity index (χ2v) is 5.26. The third-order valence-electron chi connectivity index (χ3n) is 3.62. The van der Waals surface area contributed by atoms with Crippen LogP contribution >= 0.6 is 0 Å². The Hall–Kier alpha value is -1.26. The fourth-order valence-electron chi connectivity index (χ4n) is 2.26. The van der Waals surface area contributed by atoms with Gasteiger partial charge in [-0.05, 0) is 25.7 Å². The maximum Gasteiger partial charge on any atom is 0.317 e. The van der Waals surface area contributed by atoms with E-state index >= 15 is 0 Å². The number of hydrogen-bond donors (Lipinski definition) is 2. The molecule has 0 spiro atoms. The van der Waals surface area contributed by atoms with Crippen LogP contribution in [0, 0.1) is 0 Å². The minimum atomic E-state index is -0.844. The lowest BCUT2D eigenvalue weighted by atomic mass is 9.74. The number of amides is 2. The topological polar surface area (TPSA) is 69.6 Å². The maximum absolute atomic E-state index is 11.9. The van der Waals surface area contributed by atoms with E-state index in [-0.39, 0.29) is 12.5 Å². The summed E-state index contributed by atoms with van der Waals surface area (Å²) in [6.45, 7) is 2.85. The molecule has 5 nitrogen and oxygen atoms in total. The number of hydrogen-bond acceptors (Lipinski definition) is 2. The SMILES string of the molecule is CCCCCN(C)C(=O)NC1(CC(=O)O)CCC1. The average Bonchev–Trinajstić information content (AvgIpc) is 2.25. The second kappa shape index (κ2) is 6.61. The molecule has 1 rings (SSSR count). The van der Waals surface area contributed by atoms with Crippen molar-refractivity contribution < 1.29 is 14.7 Å². The molecule has 0 aliphatic heterocycles. The molecule has 104 valence electrons. The zero-order valence-corrected chi connectivity index (χ0v) is 11.4. The fourth-order valence-corrected chi connectivity index (χ4v) is 2.26. The Bertz CT molecular complexity index is 301. The van der Waals surface area contributed by atoms with Gasteiger partial charge in [-0.3, -0.25) is 4.79 Å². The summed E-state index contributed by atoms with van der Waals surface area (Å²) < 4.78 is 0. The molecule has 0 aromatic rings. The standard InChI is InChI=1S/C13H24N2O3/c1-3-4-5-9-15(2)12(18)14-13(7-6-8-13)10-11(16)17/h3-10H2,1-2H3,(H,14,18)(H,16,17). The Morgan fingerprint density at radius 1 is 1.33 bits per heavy atom. The first-order valence-corrected chi connectivity index (χ1v) is 6.74. The predicted octanol–water partition coefficient (Wildman–Crippen LogP) is 2.22. The van der Waals surface area contributed by atoms with E-state index in [1.807, 2.05) is 0 Å². The van der Waals surface area contributed by atoms with Crippen molar-refractivity contribution in [3.05, 3.63) is 0 Å². The highest BCUT2D eigenvalue weighted by molar-refractivity contribution is 5.77. The van der Waals surface area contributed by atoms with Crippen molar-refractivity contribution in [2.45, 2.75) is 57.4 Å². The zero-order valence-electron chi connectivity index (χ0n) is 11.4. The quantitative estimate of drug-likeness (QED) is 0.686. The molecular formula is C13H24N2O3. The van der Waals surface area contributed by atoms with Gasteiger partial charge in [-0.25, -0.2) is 4.79 Å². The van der Waals surface area contributed by atoms with Crippen LogP contribution < -0.4 is 5.32 Å². The summed E-state index contributed by atoms with van der Waals surface area (Å²) in [4.78, 5) is 24.4. The van der Waals surface area contributed by atoms with Crippen molar-refractivity contribution in [2.24, 2.45) is 0 Å². The number of unbranched alkanes of at least 4 members (excludes halogenated alkanes) is 2. The van der Waals surface area contributed by atoms with Gasteiger partial charge in [0.1, 0.15) is 0 Å². The van der Waals surface area contributed by atoms with Crippen molar-refractivity contribution in [1.29, 1.82) is 0 Å². The summed E-state index contributed by atoms with van der Waals surface area (Å²) in [6, 6.07) is -0.146. The van der Waals surface area contributed by atoms with Crippen molar-refractivity contribution in [3.63, 3.8) is 0 Å². The van der Waals surface area contributed by atoms with Crippen molar-refractivity contribution >= 4 is 12.0 Å². The van der Waals surface area contributed by atoms with Crippen LogP contribution in [-0.4, -0.2) is 41.1 Å². The van der Waals surface area contributed by atoms with Crippen LogP contribution in [-0.2, 0) is 4.79 Å². The van der Waals surface area contributed by atoms with Gasteiger partial charge < -0.3 is 15.3 Å². The Balaban J connectivity index is 2.39. The van der Waals surface area contributed by atoms with Crippen LogP contribution in [0.15, 0.2) is 0 Å². The Morgan fingerprint density at radius 2 is 2.00 bits per heavy atom. The number of carboxylic acid groups (broad SMARTS) is 1. The Morgan fingerprint density at radius 3 is 2.44 bits per heavy atom. The summed E-state index contributed by atoms with van der Waals surface area (Å²) >= 11 is 0. The molecule has 18 heavy (non-hydrogen) atoms. The number of carboxylic acids is 1. The first-order chi connectivity index (χ1) is 8.49. The largest absolute Gasteiger partial charge is 0.481 e. The van der Waals surface area contributed by atoms with Gasteiger partial charge in [0.2, 0.25) is 0 Å². The van der Waals surface area contributed by atoms with Crippen LogP contribution in [0.2, 0.25) is 0 Å². The lowest BCUT2D eigenvalue weighted by molar-refractivity contribution is -0.139.